The van der Waals surface area contributed by atoms with Gasteiger partial charge < -0.3 is 14.8 Å². The van der Waals surface area contributed by atoms with Crippen molar-refractivity contribution in [3.63, 3.8) is 0 Å². The minimum atomic E-state index is -0.458. The second kappa shape index (κ2) is 10.5. The third-order valence-corrected chi connectivity index (χ3v) is 4.68. The molecule has 1 saturated heterocycles. The number of hydrogen-bond donors (Lipinski definition) is 1. The van der Waals surface area contributed by atoms with Gasteiger partial charge in [-0.1, -0.05) is 24.3 Å². The number of amides is 1. The van der Waals surface area contributed by atoms with Crippen molar-refractivity contribution in [3.05, 3.63) is 69.8 Å². The lowest BCUT2D eigenvalue weighted by Crippen LogP contribution is -2.38. The second-order valence-electron chi connectivity index (χ2n) is 6.83. The third kappa shape index (κ3) is 6.85. The Morgan fingerprint density at radius 3 is 2.62 bits per heavy atom. The largest absolute Gasteiger partial charge is 0.492 e. The molecule has 1 N–H and O–H groups in total. The summed E-state index contributed by atoms with van der Waals surface area (Å²) < 4.78 is 11.2. The number of benzene rings is 2. The monoisotopic (exact) mass is 399 g/mol. The molecule has 29 heavy (non-hydrogen) atoms. The first kappa shape index (κ1) is 20.8. The molecule has 0 saturated carbocycles. The lowest BCUT2D eigenvalue weighted by Gasteiger charge is -2.26. The molecule has 2 aromatic rings. The molecule has 0 aromatic heterocycles. The molecule has 1 aliphatic rings. The Bertz CT molecular complexity index is 819. The maximum Gasteiger partial charge on any atom is 0.269 e. The zero-order valence-corrected chi connectivity index (χ0v) is 16.2. The Balaban J connectivity index is 1.42. The fourth-order valence-corrected chi connectivity index (χ4v) is 3.05. The van der Waals surface area contributed by atoms with E-state index in [2.05, 4.69) is 10.2 Å². The van der Waals surface area contributed by atoms with Gasteiger partial charge >= 0.3 is 0 Å². The van der Waals surface area contributed by atoms with Crippen molar-refractivity contribution in [1.82, 2.24) is 10.2 Å². The van der Waals surface area contributed by atoms with E-state index in [4.69, 9.17) is 9.47 Å². The number of nitrogens with one attached hydrogen (secondary N) is 1. The van der Waals surface area contributed by atoms with E-state index in [1.165, 1.54) is 12.1 Å². The molecule has 1 aliphatic heterocycles. The molecule has 8 nitrogen and oxygen atoms in total. The highest BCUT2D eigenvalue weighted by molar-refractivity contribution is 5.78. The van der Waals surface area contributed by atoms with Gasteiger partial charge in [-0.25, -0.2) is 0 Å². The predicted octanol–water partition coefficient (Wildman–Crippen LogP) is 2.16. The Morgan fingerprint density at radius 2 is 1.90 bits per heavy atom. The Labute approximate surface area is 169 Å². The Hall–Kier alpha value is -2.97. The average Bonchev–Trinajstić information content (AvgIpc) is 2.74. The lowest BCUT2D eigenvalue weighted by molar-refractivity contribution is -0.384. The number of nitrogens with zero attached hydrogens (tertiary/aromatic N) is 2. The fraction of sp³-hybridized carbons (Fsp3) is 0.381. The van der Waals surface area contributed by atoms with Gasteiger partial charge in [0.25, 0.3) is 5.69 Å². The molecule has 154 valence electrons. The number of hydrogen-bond acceptors (Lipinski definition) is 6. The molecule has 8 heteroatoms. The summed E-state index contributed by atoms with van der Waals surface area (Å²) in [6.45, 7) is 5.28. The van der Waals surface area contributed by atoms with Crippen LogP contribution >= 0.6 is 0 Å². The van der Waals surface area contributed by atoms with E-state index < -0.39 is 4.92 Å². The van der Waals surface area contributed by atoms with Crippen molar-refractivity contribution in [2.75, 3.05) is 39.5 Å². The Morgan fingerprint density at radius 1 is 1.14 bits per heavy atom. The normalized spacial score (nSPS) is 14.3. The maximum atomic E-state index is 12.1. The molecular formula is C21H25N3O5. The van der Waals surface area contributed by atoms with Crippen LogP contribution in [0.3, 0.4) is 0 Å². The van der Waals surface area contributed by atoms with Gasteiger partial charge in [0.15, 0.2) is 0 Å². The molecule has 3 rings (SSSR count). The van der Waals surface area contributed by atoms with Crippen LogP contribution in [-0.4, -0.2) is 55.2 Å². The van der Waals surface area contributed by atoms with Crippen molar-refractivity contribution < 1.29 is 19.2 Å². The molecule has 0 aliphatic carbocycles. The van der Waals surface area contributed by atoms with E-state index in [9.17, 15) is 14.9 Å². The van der Waals surface area contributed by atoms with Crippen molar-refractivity contribution in [1.29, 1.82) is 0 Å². The number of carbonyl (C=O) groups excluding carboxylic acids is 1. The van der Waals surface area contributed by atoms with E-state index in [1.807, 2.05) is 24.3 Å². The van der Waals surface area contributed by atoms with E-state index in [-0.39, 0.29) is 18.0 Å². The van der Waals surface area contributed by atoms with Crippen molar-refractivity contribution in [3.8, 4) is 5.75 Å². The fourth-order valence-electron chi connectivity index (χ4n) is 3.05. The third-order valence-electron chi connectivity index (χ3n) is 4.68. The van der Waals surface area contributed by atoms with E-state index >= 15 is 0 Å². The standard InChI is InChI=1S/C21H25N3O5/c25-21(15-17-4-6-19(7-5-17)24(26)27)22-16-18-2-1-3-20(14-18)29-13-10-23-8-11-28-12-9-23/h1-7,14H,8-13,15-16H2,(H,22,25). The van der Waals surface area contributed by atoms with Crippen LogP contribution in [0.2, 0.25) is 0 Å². The predicted molar refractivity (Wildman–Crippen MR) is 108 cm³/mol. The van der Waals surface area contributed by atoms with Crippen LogP contribution in [0.5, 0.6) is 5.75 Å². The number of ether oxygens (including phenoxy) is 2. The molecule has 0 spiro atoms. The molecular weight excluding hydrogens is 374 g/mol. The topological polar surface area (TPSA) is 93.9 Å². The lowest BCUT2D eigenvalue weighted by atomic mass is 10.1. The SMILES string of the molecule is O=C(Cc1ccc([N+](=O)[O-])cc1)NCc1cccc(OCCN2CCOCC2)c1. The summed E-state index contributed by atoms with van der Waals surface area (Å²) in [4.78, 5) is 24.7. The summed E-state index contributed by atoms with van der Waals surface area (Å²) in [5, 5.41) is 13.5. The molecule has 1 fully saturated rings. The van der Waals surface area contributed by atoms with Crippen LogP contribution < -0.4 is 10.1 Å². The number of nitro benzene ring substituents is 1. The van der Waals surface area contributed by atoms with Crippen LogP contribution in [0.1, 0.15) is 11.1 Å². The average molecular weight is 399 g/mol. The molecule has 2 aromatic carbocycles. The van der Waals surface area contributed by atoms with Crippen LogP contribution in [0.15, 0.2) is 48.5 Å². The van der Waals surface area contributed by atoms with Gasteiger partial charge in [0, 0.05) is 38.3 Å². The van der Waals surface area contributed by atoms with Gasteiger partial charge in [-0.05, 0) is 23.3 Å². The quantitative estimate of drug-likeness (QED) is 0.513. The molecule has 1 amide bonds. The molecule has 0 radical (unpaired) electrons. The maximum absolute atomic E-state index is 12.1. The van der Waals surface area contributed by atoms with E-state index in [0.717, 1.165) is 49.7 Å². The minimum Gasteiger partial charge on any atom is -0.492 e. The zero-order chi connectivity index (χ0) is 20.5. The van der Waals surface area contributed by atoms with E-state index in [1.54, 1.807) is 12.1 Å². The number of nitro groups is 1. The first-order chi connectivity index (χ1) is 14.1. The smallest absolute Gasteiger partial charge is 0.269 e. The number of non-ortho nitro benzene ring substituents is 1. The first-order valence-corrected chi connectivity index (χ1v) is 9.62. The van der Waals surface area contributed by atoms with E-state index in [0.29, 0.717) is 13.2 Å². The summed E-state index contributed by atoms with van der Waals surface area (Å²) in [7, 11) is 0. The zero-order valence-electron chi connectivity index (χ0n) is 16.2. The molecule has 1 heterocycles. The van der Waals surface area contributed by atoms with Crippen LogP contribution in [-0.2, 0) is 22.5 Å². The van der Waals surface area contributed by atoms with Gasteiger partial charge in [-0.15, -0.1) is 0 Å². The number of carbonyl (C=O) groups is 1. The van der Waals surface area contributed by atoms with Crippen molar-refractivity contribution in [2.24, 2.45) is 0 Å². The van der Waals surface area contributed by atoms with Crippen molar-refractivity contribution in [2.45, 2.75) is 13.0 Å². The van der Waals surface area contributed by atoms with Crippen LogP contribution in [0.25, 0.3) is 0 Å². The molecule has 0 bridgehead atoms. The van der Waals surface area contributed by atoms with Crippen LogP contribution in [0, 0.1) is 10.1 Å². The highest BCUT2D eigenvalue weighted by Crippen LogP contribution is 2.14. The second-order valence-corrected chi connectivity index (χ2v) is 6.83. The van der Waals surface area contributed by atoms with Gasteiger partial charge in [-0.3, -0.25) is 19.8 Å². The highest BCUT2D eigenvalue weighted by Gasteiger charge is 2.10. The van der Waals surface area contributed by atoms with Gasteiger partial charge in [0.2, 0.25) is 5.91 Å². The van der Waals surface area contributed by atoms with Gasteiger partial charge in [0.1, 0.15) is 12.4 Å². The Kier molecular flexibility index (Phi) is 7.54. The number of rotatable bonds is 9. The summed E-state index contributed by atoms with van der Waals surface area (Å²) in [6.07, 6.45) is 0.174. The van der Waals surface area contributed by atoms with Crippen LogP contribution in [0.4, 0.5) is 5.69 Å². The first-order valence-electron chi connectivity index (χ1n) is 9.62. The minimum absolute atomic E-state index is 0.0135. The molecule has 0 atom stereocenters. The number of morpholine rings is 1. The summed E-state index contributed by atoms with van der Waals surface area (Å²) in [5.74, 6) is 0.637. The summed E-state index contributed by atoms with van der Waals surface area (Å²) >= 11 is 0. The van der Waals surface area contributed by atoms with Gasteiger partial charge in [0.05, 0.1) is 24.6 Å². The highest BCUT2D eigenvalue weighted by atomic mass is 16.6. The molecule has 0 unspecified atom stereocenters. The van der Waals surface area contributed by atoms with Crippen molar-refractivity contribution >= 4 is 11.6 Å². The summed E-state index contributed by atoms with van der Waals surface area (Å²) in [6, 6.07) is 13.7. The summed E-state index contributed by atoms with van der Waals surface area (Å²) in [5.41, 5.74) is 1.69. The van der Waals surface area contributed by atoms with Gasteiger partial charge in [-0.2, -0.15) is 0 Å².